The van der Waals surface area contributed by atoms with Crippen molar-refractivity contribution in [3.05, 3.63) is 64.7 Å². The van der Waals surface area contributed by atoms with E-state index in [0.717, 1.165) is 23.5 Å². The van der Waals surface area contributed by atoms with Crippen molar-refractivity contribution in [1.29, 1.82) is 0 Å². The van der Waals surface area contributed by atoms with Gasteiger partial charge in [0, 0.05) is 25.7 Å². The lowest BCUT2D eigenvalue weighted by molar-refractivity contribution is -0.103. The first-order chi connectivity index (χ1) is 15.5. The van der Waals surface area contributed by atoms with Crippen molar-refractivity contribution in [1.82, 2.24) is 9.62 Å². The Morgan fingerprint density at radius 3 is 2.45 bits per heavy atom. The largest absolute Gasteiger partial charge is 0.352 e. The second-order valence-electron chi connectivity index (χ2n) is 10.6. The van der Waals surface area contributed by atoms with Crippen LogP contribution < -0.4 is 5.32 Å². The zero-order chi connectivity index (χ0) is 24.0. The summed E-state index contributed by atoms with van der Waals surface area (Å²) in [5.74, 6) is 1.80. The quantitative estimate of drug-likeness (QED) is 0.627. The Hall–Kier alpha value is -2.18. The maximum atomic E-state index is 13.4. The van der Waals surface area contributed by atoms with Crippen LogP contribution in [0.2, 0.25) is 0 Å². The highest BCUT2D eigenvalue weighted by atomic mass is 32.2. The number of hydrogen-bond donors (Lipinski definition) is 1. The van der Waals surface area contributed by atoms with Crippen LogP contribution in [0.4, 0.5) is 0 Å². The minimum absolute atomic E-state index is 0.195. The lowest BCUT2D eigenvalue weighted by Crippen LogP contribution is -2.54. The SMILES string of the molecule is Cc1cc(C(=O)NCC2CC[C@H]3C[C@@H]2C3(C)C)cc(S(=O)(=O)N(C)Cc2ccccc2)c1C. The van der Waals surface area contributed by atoms with E-state index in [2.05, 4.69) is 19.2 Å². The highest BCUT2D eigenvalue weighted by Gasteiger charge is 2.53. The standard InChI is InChI=1S/C27H36N2O3S/c1-18-13-22(26(30)28-16-21-11-12-23-15-24(21)27(23,3)4)14-25(19(18)2)33(31,32)29(5)17-20-9-7-6-8-10-20/h6-10,13-14,21,23-24H,11-12,15-17H2,1-5H3,(H,28,30)/t21?,23-,24-/m0/s1. The molecule has 0 spiro atoms. The molecule has 0 radical (unpaired) electrons. The summed E-state index contributed by atoms with van der Waals surface area (Å²) in [6.45, 7) is 9.30. The third kappa shape index (κ3) is 4.47. The van der Waals surface area contributed by atoms with Gasteiger partial charge in [0.2, 0.25) is 10.0 Å². The van der Waals surface area contributed by atoms with E-state index in [-0.39, 0.29) is 17.3 Å². The van der Waals surface area contributed by atoms with Crippen molar-refractivity contribution in [2.45, 2.75) is 58.4 Å². The number of benzene rings is 2. The van der Waals surface area contributed by atoms with Gasteiger partial charge < -0.3 is 5.32 Å². The molecule has 6 heteroatoms. The first-order valence-corrected chi connectivity index (χ1v) is 13.4. The minimum atomic E-state index is -3.75. The number of sulfonamides is 1. The number of fused-ring (bicyclic) bond motifs is 2. The Morgan fingerprint density at radius 1 is 1.12 bits per heavy atom. The Labute approximate surface area is 198 Å². The van der Waals surface area contributed by atoms with Crippen LogP contribution in [-0.2, 0) is 16.6 Å². The predicted molar refractivity (Wildman–Crippen MR) is 131 cm³/mol. The lowest BCUT2D eigenvalue weighted by atomic mass is 9.45. The third-order valence-corrected chi connectivity index (χ3v) is 10.3. The number of aryl methyl sites for hydroxylation is 1. The number of amides is 1. The van der Waals surface area contributed by atoms with Crippen LogP contribution in [0.5, 0.6) is 0 Å². The zero-order valence-corrected chi connectivity index (χ0v) is 21.2. The lowest BCUT2D eigenvalue weighted by Gasteiger charge is -2.60. The molecule has 2 aromatic carbocycles. The van der Waals surface area contributed by atoms with Crippen LogP contribution >= 0.6 is 0 Å². The Balaban J connectivity index is 1.51. The molecule has 3 aliphatic carbocycles. The van der Waals surface area contributed by atoms with Crippen LogP contribution in [0.15, 0.2) is 47.4 Å². The molecule has 2 bridgehead atoms. The van der Waals surface area contributed by atoms with Gasteiger partial charge >= 0.3 is 0 Å². The molecule has 5 rings (SSSR count). The summed E-state index contributed by atoms with van der Waals surface area (Å²) in [4.78, 5) is 13.3. The van der Waals surface area contributed by atoms with E-state index in [4.69, 9.17) is 0 Å². The molecule has 3 saturated carbocycles. The zero-order valence-electron chi connectivity index (χ0n) is 20.4. The average molecular weight is 469 g/mol. The van der Waals surface area contributed by atoms with Gasteiger partial charge in [-0.15, -0.1) is 0 Å². The first kappa shape index (κ1) is 24.0. The van der Waals surface area contributed by atoms with Crippen molar-refractivity contribution in [3.63, 3.8) is 0 Å². The fraction of sp³-hybridized carbons (Fsp3) is 0.519. The smallest absolute Gasteiger partial charge is 0.251 e. The van der Waals surface area contributed by atoms with Gasteiger partial charge in [-0.25, -0.2) is 8.42 Å². The second-order valence-corrected chi connectivity index (χ2v) is 12.6. The summed E-state index contributed by atoms with van der Waals surface area (Å²) < 4.78 is 28.2. The Morgan fingerprint density at radius 2 is 1.82 bits per heavy atom. The van der Waals surface area contributed by atoms with E-state index in [9.17, 15) is 13.2 Å². The van der Waals surface area contributed by atoms with Gasteiger partial charge in [0.15, 0.2) is 0 Å². The molecule has 0 saturated heterocycles. The van der Waals surface area contributed by atoms with Gasteiger partial charge in [0.1, 0.15) is 0 Å². The molecular formula is C27H36N2O3S. The second kappa shape index (κ2) is 8.88. The highest BCUT2D eigenvalue weighted by Crippen LogP contribution is 2.61. The molecule has 1 amide bonds. The molecule has 5 nitrogen and oxygen atoms in total. The topological polar surface area (TPSA) is 66.5 Å². The van der Waals surface area contributed by atoms with Gasteiger partial charge in [-0.2, -0.15) is 4.31 Å². The predicted octanol–water partition coefficient (Wildman–Crippen LogP) is 4.93. The molecule has 0 aliphatic heterocycles. The molecule has 0 heterocycles. The molecule has 3 atom stereocenters. The van der Waals surface area contributed by atoms with Gasteiger partial charge in [-0.1, -0.05) is 44.2 Å². The summed E-state index contributed by atoms with van der Waals surface area (Å²) >= 11 is 0. The van der Waals surface area contributed by atoms with E-state index in [1.54, 1.807) is 26.1 Å². The maximum Gasteiger partial charge on any atom is 0.251 e. The number of carbonyl (C=O) groups excluding carboxylic acids is 1. The normalized spacial score (nSPS) is 23.8. The summed E-state index contributed by atoms with van der Waals surface area (Å²) in [7, 11) is -2.16. The van der Waals surface area contributed by atoms with Crippen molar-refractivity contribution in [2.75, 3.05) is 13.6 Å². The van der Waals surface area contributed by atoms with Crippen molar-refractivity contribution in [2.24, 2.45) is 23.2 Å². The van der Waals surface area contributed by atoms with E-state index >= 15 is 0 Å². The monoisotopic (exact) mass is 468 g/mol. The fourth-order valence-electron chi connectivity index (χ4n) is 5.85. The first-order valence-electron chi connectivity index (χ1n) is 11.9. The van der Waals surface area contributed by atoms with E-state index < -0.39 is 10.0 Å². The number of hydrogen-bond acceptors (Lipinski definition) is 3. The fourth-order valence-corrected chi connectivity index (χ4v) is 7.33. The Bertz CT molecular complexity index is 1140. The van der Waals surface area contributed by atoms with E-state index in [0.29, 0.717) is 34.9 Å². The van der Waals surface area contributed by atoms with Crippen LogP contribution in [0.3, 0.4) is 0 Å². The number of carbonyl (C=O) groups is 1. The van der Waals surface area contributed by atoms with Gasteiger partial charge in [0.05, 0.1) is 4.90 Å². The van der Waals surface area contributed by atoms with Gasteiger partial charge in [0.25, 0.3) is 5.91 Å². The van der Waals surface area contributed by atoms with Crippen LogP contribution in [0, 0.1) is 37.0 Å². The van der Waals surface area contributed by atoms with Crippen LogP contribution in [-0.4, -0.2) is 32.2 Å². The number of nitrogens with zero attached hydrogens (tertiary/aromatic N) is 1. The molecule has 2 aromatic rings. The van der Waals surface area contributed by atoms with Crippen LogP contribution in [0.25, 0.3) is 0 Å². The molecule has 3 fully saturated rings. The summed E-state index contributed by atoms with van der Waals surface area (Å²) in [6, 6.07) is 12.9. The summed E-state index contributed by atoms with van der Waals surface area (Å²) in [5, 5.41) is 3.11. The Kier molecular flexibility index (Phi) is 6.45. The molecule has 1 N–H and O–H groups in total. The molecule has 3 aliphatic rings. The van der Waals surface area contributed by atoms with Gasteiger partial charge in [-0.3, -0.25) is 4.79 Å². The summed E-state index contributed by atoms with van der Waals surface area (Å²) in [5.41, 5.74) is 3.18. The van der Waals surface area contributed by atoms with E-state index in [1.165, 1.54) is 17.1 Å². The van der Waals surface area contributed by atoms with Crippen LogP contribution in [0.1, 0.15) is 60.2 Å². The van der Waals surface area contributed by atoms with Crippen molar-refractivity contribution in [3.8, 4) is 0 Å². The van der Waals surface area contributed by atoms with Crippen molar-refractivity contribution < 1.29 is 13.2 Å². The summed E-state index contributed by atoms with van der Waals surface area (Å²) in [6.07, 6.45) is 3.67. The van der Waals surface area contributed by atoms with Crippen molar-refractivity contribution >= 4 is 15.9 Å². The minimum Gasteiger partial charge on any atom is -0.352 e. The molecule has 0 aromatic heterocycles. The molecule has 1 unspecified atom stereocenters. The van der Waals surface area contributed by atoms with E-state index in [1.807, 2.05) is 37.3 Å². The maximum absolute atomic E-state index is 13.4. The highest BCUT2D eigenvalue weighted by molar-refractivity contribution is 7.89. The molecule has 178 valence electrons. The number of rotatable bonds is 7. The average Bonchev–Trinajstić information content (AvgIpc) is 2.79. The third-order valence-electron chi connectivity index (χ3n) is 8.34. The van der Waals surface area contributed by atoms with Gasteiger partial charge in [-0.05, 0) is 85.1 Å². The molecular weight excluding hydrogens is 432 g/mol. The number of nitrogens with one attached hydrogen (secondary N) is 1. The molecule has 33 heavy (non-hydrogen) atoms.